The van der Waals surface area contributed by atoms with E-state index in [1.54, 1.807) is 0 Å². The number of rotatable bonds is 0. The van der Waals surface area contributed by atoms with Crippen LogP contribution in [0, 0.1) is 13.8 Å². The van der Waals surface area contributed by atoms with Crippen molar-refractivity contribution in [2.45, 2.75) is 13.8 Å². The molecule has 2 aliphatic rings. The van der Waals surface area contributed by atoms with Crippen molar-refractivity contribution in [2.24, 2.45) is 0 Å². The number of aryl methyl sites for hydroxylation is 2. The van der Waals surface area contributed by atoms with Gasteiger partial charge in [-0.1, -0.05) is 72.2 Å². The molecule has 176 valence electrons. The van der Waals surface area contributed by atoms with E-state index in [1.807, 2.05) is 0 Å². The molecule has 0 N–H and O–H groups in total. The topological polar surface area (TPSA) is 22.5 Å². The second kappa shape index (κ2) is 6.23. The van der Waals surface area contributed by atoms with Crippen LogP contribution in [-0.4, -0.2) is 15.7 Å². The fraction of sp³-hybridized carbons (Fsp3) is 0.0588. The minimum atomic E-state index is 0.218. The summed E-state index contributed by atoms with van der Waals surface area (Å²) in [6.07, 6.45) is 0. The Morgan fingerprint density at radius 3 is 2.42 bits per heavy atom. The Labute approximate surface area is 218 Å². The average molecular weight is 484 g/mol. The van der Waals surface area contributed by atoms with E-state index in [4.69, 9.17) is 4.42 Å². The van der Waals surface area contributed by atoms with Gasteiger partial charge in [-0.3, -0.25) is 8.97 Å². The Bertz CT molecular complexity index is 2380. The van der Waals surface area contributed by atoms with Crippen LogP contribution in [-0.2, 0) is 0 Å². The Hall–Kier alpha value is -4.70. The molecule has 0 saturated carbocycles. The van der Waals surface area contributed by atoms with Crippen molar-refractivity contribution >= 4 is 72.6 Å². The molecule has 0 amide bonds. The van der Waals surface area contributed by atoms with E-state index < -0.39 is 0 Å². The molecule has 0 atom stereocenters. The molecule has 38 heavy (non-hydrogen) atoms. The molecule has 4 heteroatoms. The molecule has 0 saturated heterocycles. The summed E-state index contributed by atoms with van der Waals surface area (Å²) >= 11 is 0. The molecule has 0 aliphatic carbocycles. The minimum Gasteiger partial charge on any atom is -0.454 e. The summed E-state index contributed by atoms with van der Waals surface area (Å²) in [5.74, 6) is 0. The van der Waals surface area contributed by atoms with Crippen LogP contribution in [0.15, 0.2) is 95.4 Å². The maximum absolute atomic E-state index is 6.65. The number of aromatic nitrogens is 2. The fourth-order valence-corrected chi connectivity index (χ4v) is 7.63. The van der Waals surface area contributed by atoms with Gasteiger partial charge in [0.25, 0.3) is 6.71 Å². The van der Waals surface area contributed by atoms with Crippen LogP contribution in [0.25, 0.3) is 66.3 Å². The van der Waals surface area contributed by atoms with E-state index in [0.717, 1.165) is 16.7 Å². The SMILES string of the molecule is Cc1ccc2c3c4n(c5c6oc7ccccc7c6ccc5n4c2c1C)-c1cccc2c1B3c1ccccc1-2. The van der Waals surface area contributed by atoms with Gasteiger partial charge in [0, 0.05) is 16.5 Å². The lowest BCUT2D eigenvalue weighted by atomic mass is 9.37. The first-order valence-electron chi connectivity index (χ1n) is 13.3. The lowest BCUT2D eigenvalue weighted by Gasteiger charge is -2.22. The monoisotopic (exact) mass is 484 g/mol. The first kappa shape index (κ1) is 19.4. The Balaban J connectivity index is 1.55. The van der Waals surface area contributed by atoms with Gasteiger partial charge < -0.3 is 4.42 Å². The third kappa shape index (κ3) is 1.95. The highest BCUT2D eigenvalue weighted by Gasteiger charge is 2.43. The predicted molar refractivity (Wildman–Crippen MR) is 159 cm³/mol. The molecule has 0 fully saturated rings. The number of hydrogen-bond acceptors (Lipinski definition) is 1. The minimum absolute atomic E-state index is 0.218. The third-order valence-corrected chi connectivity index (χ3v) is 9.31. The maximum atomic E-state index is 6.65. The average Bonchev–Trinajstić information content (AvgIpc) is 3.67. The van der Waals surface area contributed by atoms with Gasteiger partial charge in [0.2, 0.25) is 0 Å². The second-order valence-electron chi connectivity index (χ2n) is 11.0. The number of para-hydroxylation sites is 1. The molecule has 0 radical (unpaired) electrons. The van der Waals surface area contributed by atoms with Gasteiger partial charge in [0.05, 0.1) is 11.0 Å². The van der Waals surface area contributed by atoms with E-state index in [-0.39, 0.29) is 6.71 Å². The predicted octanol–water partition coefficient (Wildman–Crippen LogP) is 6.36. The number of fused-ring (bicyclic) bond motifs is 15. The van der Waals surface area contributed by atoms with E-state index in [0.29, 0.717) is 0 Å². The highest BCUT2D eigenvalue weighted by atomic mass is 16.3. The molecule has 0 spiro atoms. The smallest absolute Gasteiger partial charge is 0.251 e. The van der Waals surface area contributed by atoms with Gasteiger partial charge in [0.15, 0.2) is 5.58 Å². The number of hydrogen-bond donors (Lipinski definition) is 0. The second-order valence-corrected chi connectivity index (χ2v) is 11.0. The lowest BCUT2D eigenvalue weighted by Crippen LogP contribution is -2.53. The van der Waals surface area contributed by atoms with Crippen LogP contribution < -0.4 is 16.4 Å². The summed E-state index contributed by atoms with van der Waals surface area (Å²) in [5.41, 5.74) is 17.7. The van der Waals surface area contributed by atoms with Crippen LogP contribution in [0.3, 0.4) is 0 Å². The largest absolute Gasteiger partial charge is 0.454 e. The molecule has 3 aromatic heterocycles. The zero-order valence-electron chi connectivity index (χ0n) is 21.0. The summed E-state index contributed by atoms with van der Waals surface area (Å²) in [7, 11) is 0. The quantitative estimate of drug-likeness (QED) is 0.230. The van der Waals surface area contributed by atoms with Crippen molar-refractivity contribution in [3.05, 3.63) is 102 Å². The Kier molecular flexibility index (Phi) is 3.18. The molecular formula is C34H21BN2O. The first-order valence-corrected chi connectivity index (χ1v) is 13.3. The molecule has 0 bridgehead atoms. The van der Waals surface area contributed by atoms with Gasteiger partial charge in [-0.2, -0.15) is 0 Å². The van der Waals surface area contributed by atoms with Crippen molar-refractivity contribution in [3.63, 3.8) is 0 Å². The zero-order chi connectivity index (χ0) is 24.9. The summed E-state index contributed by atoms with van der Waals surface area (Å²) < 4.78 is 11.7. The molecule has 5 heterocycles. The van der Waals surface area contributed by atoms with Crippen molar-refractivity contribution in [1.29, 1.82) is 0 Å². The maximum Gasteiger partial charge on any atom is 0.251 e. The van der Waals surface area contributed by atoms with Crippen molar-refractivity contribution in [1.82, 2.24) is 8.97 Å². The molecule has 5 aromatic carbocycles. The van der Waals surface area contributed by atoms with Crippen molar-refractivity contribution in [2.75, 3.05) is 0 Å². The summed E-state index contributed by atoms with van der Waals surface area (Å²) in [6, 6.07) is 33.4. The Morgan fingerprint density at radius 1 is 0.658 bits per heavy atom. The first-order chi connectivity index (χ1) is 18.7. The lowest BCUT2D eigenvalue weighted by molar-refractivity contribution is 0.671. The number of benzene rings is 5. The number of furan rings is 1. The highest BCUT2D eigenvalue weighted by Crippen LogP contribution is 2.42. The van der Waals surface area contributed by atoms with Crippen LogP contribution >= 0.6 is 0 Å². The van der Waals surface area contributed by atoms with Crippen molar-refractivity contribution < 1.29 is 4.42 Å². The fourth-order valence-electron chi connectivity index (χ4n) is 7.63. The van der Waals surface area contributed by atoms with Gasteiger partial charge in [-0.25, -0.2) is 0 Å². The van der Waals surface area contributed by atoms with Crippen LogP contribution in [0.5, 0.6) is 0 Å². The Morgan fingerprint density at radius 2 is 1.47 bits per heavy atom. The van der Waals surface area contributed by atoms with Crippen LogP contribution in [0.4, 0.5) is 0 Å². The summed E-state index contributed by atoms with van der Waals surface area (Å²) in [4.78, 5) is 0. The molecule has 0 unspecified atom stereocenters. The van der Waals surface area contributed by atoms with Gasteiger partial charge in [-0.15, -0.1) is 0 Å². The van der Waals surface area contributed by atoms with Gasteiger partial charge in [-0.05, 0) is 76.7 Å². The molecule has 3 nitrogen and oxygen atoms in total. The van der Waals surface area contributed by atoms with E-state index in [1.165, 1.54) is 77.2 Å². The van der Waals surface area contributed by atoms with E-state index >= 15 is 0 Å². The molecule has 2 aliphatic heterocycles. The summed E-state index contributed by atoms with van der Waals surface area (Å²) in [6.45, 7) is 4.72. The van der Waals surface area contributed by atoms with Gasteiger partial charge in [0.1, 0.15) is 16.7 Å². The van der Waals surface area contributed by atoms with E-state index in [2.05, 4.69) is 114 Å². The normalized spacial score (nSPS) is 13.5. The standard InChI is InChI=1S/C34H21BN2O/c1-18-14-15-24-30-34-36(26-12-7-10-22-20-8-3-5-11-25(20)35(30)29(22)26)32-27(37(34)31(24)19(18)2)17-16-23-21-9-4-6-13-28(21)38-33(23)32/h3-17H,1-2H3. The van der Waals surface area contributed by atoms with Crippen LogP contribution in [0.1, 0.15) is 11.1 Å². The number of imidazole rings is 1. The molecular weight excluding hydrogens is 463 g/mol. The summed E-state index contributed by atoms with van der Waals surface area (Å²) in [5, 5.41) is 3.69. The van der Waals surface area contributed by atoms with E-state index in [9.17, 15) is 0 Å². The third-order valence-electron chi connectivity index (χ3n) is 9.31. The van der Waals surface area contributed by atoms with Gasteiger partial charge >= 0.3 is 0 Å². The zero-order valence-corrected chi connectivity index (χ0v) is 21.0. The number of nitrogens with zero attached hydrogens (tertiary/aromatic N) is 2. The molecule has 10 rings (SSSR count). The van der Waals surface area contributed by atoms with Crippen LogP contribution in [0.2, 0.25) is 0 Å². The molecule has 8 aromatic rings. The van der Waals surface area contributed by atoms with Crippen molar-refractivity contribution in [3.8, 4) is 16.8 Å². The highest BCUT2D eigenvalue weighted by molar-refractivity contribution is 7.02.